The Bertz CT molecular complexity index is 633. The summed E-state index contributed by atoms with van der Waals surface area (Å²) in [5, 5.41) is 4.17. The molecule has 3 rings (SSSR count). The molecule has 0 aromatic carbocycles. The van der Waals surface area contributed by atoms with E-state index in [2.05, 4.69) is 15.1 Å². The van der Waals surface area contributed by atoms with E-state index in [0.717, 1.165) is 17.1 Å². The quantitative estimate of drug-likeness (QED) is 0.907. The van der Waals surface area contributed by atoms with E-state index in [9.17, 15) is 4.79 Å². The van der Waals surface area contributed by atoms with Gasteiger partial charge in [0.25, 0.3) is 0 Å². The zero-order chi connectivity index (χ0) is 14.8. The number of aromatic nitrogens is 4. The number of H-pyrrole nitrogens is 1. The van der Waals surface area contributed by atoms with E-state index in [1.54, 1.807) is 17.1 Å². The van der Waals surface area contributed by atoms with Crippen LogP contribution in [-0.4, -0.2) is 50.3 Å². The third kappa shape index (κ3) is 2.97. The number of aryl methyl sites for hydroxylation is 2. The minimum atomic E-state index is -0.156. The number of nitrogens with zero attached hydrogens (tertiary/aromatic N) is 4. The van der Waals surface area contributed by atoms with E-state index in [4.69, 9.17) is 4.74 Å². The number of rotatable bonds is 3. The van der Waals surface area contributed by atoms with Crippen molar-refractivity contribution in [3.8, 4) is 0 Å². The molecule has 0 aliphatic carbocycles. The Labute approximate surface area is 122 Å². The predicted molar refractivity (Wildman–Crippen MR) is 75.6 cm³/mol. The summed E-state index contributed by atoms with van der Waals surface area (Å²) in [7, 11) is 0. The van der Waals surface area contributed by atoms with Crippen LogP contribution in [-0.2, 0) is 16.1 Å². The van der Waals surface area contributed by atoms with Crippen molar-refractivity contribution in [1.29, 1.82) is 0 Å². The molecule has 1 N–H and O–H groups in total. The Balaban J connectivity index is 1.75. The summed E-state index contributed by atoms with van der Waals surface area (Å²) >= 11 is 0. The molecule has 1 saturated heterocycles. The smallest absolute Gasteiger partial charge is 0.245 e. The van der Waals surface area contributed by atoms with Gasteiger partial charge in [-0.1, -0.05) is 0 Å². The number of hydrogen-bond acceptors (Lipinski definition) is 4. The Morgan fingerprint density at radius 2 is 2.33 bits per heavy atom. The molecule has 1 atom stereocenters. The van der Waals surface area contributed by atoms with E-state index < -0.39 is 0 Å². The molecular weight excluding hydrogens is 270 g/mol. The molecule has 1 aliphatic rings. The number of ether oxygens (including phenoxy) is 1. The van der Waals surface area contributed by atoms with E-state index in [1.807, 2.05) is 24.9 Å². The highest BCUT2D eigenvalue weighted by atomic mass is 16.5. The maximum Gasteiger partial charge on any atom is 0.245 e. The minimum Gasteiger partial charge on any atom is -0.377 e. The van der Waals surface area contributed by atoms with Crippen LogP contribution < -0.4 is 0 Å². The van der Waals surface area contributed by atoms with Gasteiger partial charge in [0.05, 0.1) is 19.4 Å². The molecule has 0 bridgehead atoms. The van der Waals surface area contributed by atoms with Gasteiger partial charge in [0.2, 0.25) is 5.91 Å². The Kier molecular flexibility index (Phi) is 3.74. The van der Waals surface area contributed by atoms with Gasteiger partial charge in [-0.2, -0.15) is 5.10 Å². The van der Waals surface area contributed by atoms with Crippen LogP contribution in [0.4, 0.5) is 0 Å². The molecular formula is C14H19N5O2. The average molecular weight is 289 g/mol. The van der Waals surface area contributed by atoms with Crippen molar-refractivity contribution in [1.82, 2.24) is 24.6 Å². The van der Waals surface area contributed by atoms with Crippen molar-refractivity contribution < 1.29 is 9.53 Å². The second kappa shape index (κ2) is 5.69. The molecule has 2 aromatic heterocycles. The van der Waals surface area contributed by atoms with Crippen LogP contribution >= 0.6 is 0 Å². The number of carbonyl (C=O) groups excluding carboxylic acids is 1. The van der Waals surface area contributed by atoms with Gasteiger partial charge < -0.3 is 14.6 Å². The third-order valence-corrected chi connectivity index (χ3v) is 3.55. The van der Waals surface area contributed by atoms with Gasteiger partial charge in [-0.05, 0) is 19.4 Å². The second-order valence-electron chi connectivity index (χ2n) is 5.34. The molecule has 112 valence electrons. The highest BCUT2D eigenvalue weighted by molar-refractivity contribution is 5.76. The number of aromatic amines is 1. The first-order chi connectivity index (χ1) is 10.1. The lowest BCUT2D eigenvalue weighted by Crippen LogP contribution is -2.45. The first-order valence-electron chi connectivity index (χ1n) is 7.01. The van der Waals surface area contributed by atoms with Gasteiger partial charge in [0.15, 0.2) is 0 Å². The second-order valence-corrected chi connectivity index (χ2v) is 5.34. The molecule has 7 heteroatoms. The van der Waals surface area contributed by atoms with Crippen LogP contribution in [0, 0.1) is 13.8 Å². The fraction of sp³-hybridized carbons (Fsp3) is 0.500. The van der Waals surface area contributed by atoms with Crippen LogP contribution in [0.25, 0.3) is 0 Å². The molecule has 0 spiro atoms. The lowest BCUT2D eigenvalue weighted by Gasteiger charge is -2.34. The van der Waals surface area contributed by atoms with Crippen molar-refractivity contribution in [2.45, 2.75) is 26.4 Å². The monoisotopic (exact) mass is 289 g/mol. The number of carbonyl (C=O) groups is 1. The van der Waals surface area contributed by atoms with Crippen LogP contribution in [0.3, 0.4) is 0 Å². The van der Waals surface area contributed by atoms with Crippen molar-refractivity contribution >= 4 is 5.91 Å². The summed E-state index contributed by atoms with van der Waals surface area (Å²) in [6.45, 7) is 5.74. The summed E-state index contributed by atoms with van der Waals surface area (Å²) in [4.78, 5) is 21.9. The maximum atomic E-state index is 12.5. The first-order valence-corrected chi connectivity index (χ1v) is 7.01. The van der Waals surface area contributed by atoms with Crippen molar-refractivity contribution in [2.75, 3.05) is 19.8 Å². The van der Waals surface area contributed by atoms with Crippen molar-refractivity contribution in [2.24, 2.45) is 0 Å². The minimum absolute atomic E-state index is 0.0282. The molecule has 3 heterocycles. The maximum absolute atomic E-state index is 12.5. The molecule has 7 nitrogen and oxygen atoms in total. The average Bonchev–Trinajstić information content (AvgIpc) is 3.07. The van der Waals surface area contributed by atoms with E-state index in [0.29, 0.717) is 19.8 Å². The van der Waals surface area contributed by atoms with Crippen LogP contribution in [0.2, 0.25) is 0 Å². The Hall–Kier alpha value is -2.15. The van der Waals surface area contributed by atoms with Gasteiger partial charge >= 0.3 is 0 Å². The van der Waals surface area contributed by atoms with Gasteiger partial charge in [-0.3, -0.25) is 9.48 Å². The fourth-order valence-corrected chi connectivity index (χ4v) is 2.51. The topological polar surface area (TPSA) is 76.0 Å². The molecule has 0 saturated carbocycles. The molecule has 1 fully saturated rings. The van der Waals surface area contributed by atoms with Crippen molar-refractivity contribution in [3.05, 3.63) is 35.7 Å². The largest absolute Gasteiger partial charge is 0.377 e. The lowest BCUT2D eigenvalue weighted by atomic mass is 10.2. The summed E-state index contributed by atoms with van der Waals surface area (Å²) in [5.41, 5.74) is 2.02. The summed E-state index contributed by atoms with van der Waals surface area (Å²) in [5.74, 6) is 0.803. The number of nitrogens with one attached hydrogen (secondary N) is 1. The zero-order valence-corrected chi connectivity index (χ0v) is 12.2. The Morgan fingerprint density at radius 3 is 3.00 bits per heavy atom. The summed E-state index contributed by atoms with van der Waals surface area (Å²) in [6, 6.07) is -0.156. The normalized spacial score (nSPS) is 19.0. The standard InChI is InChI=1S/C14H19N5O2/c1-10-5-16-18(7-10)8-13(20)19-3-4-21-9-12(19)14-15-6-11(2)17-14/h5-7,12H,3-4,8-9H2,1-2H3,(H,15,17)/t12-/m0/s1. The van der Waals surface area contributed by atoms with Crippen LogP contribution in [0.1, 0.15) is 23.1 Å². The molecule has 1 amide bonds. The van der Waals surface area contributed by atoms with Crippen LogP contribution in [0.5, 0.6) is 0 Å². The highest BCUT2D eigenvalue weighted by Crippen LogP contribution is 2.22. The number of morpholine rings is 1. The first kappa shape index (κ1) is 13.8. The molecule has 1 aliphatic heterocycles. The fourth-order valence-electron chi connectivity index (χ4n) is 2.51. The number of hydrogen-bond donors (Lipinski definition) is 1. The van der Waals surface area contributed by atoms with Gasteiger partial charge in [0.1, 0.15) is 18.4 Å². The Morgan fingerprint density at radius 1 is 1.48 bits per heavy atom. The van der Waals surface area contributed by atoms with Gasteiger partial charge in [-0.25, -0.2) is 4.98 Å². The van der Waals surface area contributed by atoms with E-state index >= 15 is 0 Å². The molecule has 21 heavy (non-hydrogen) atoms. The van der Waals surface area contributed by atoms with Gasteiger partial charge in [-0.15, -0.1) is 0 Å². The van der Waals surface area contributed by atoms with E-state index in [1.165, 1.54) is 0 Å². The lowest BCUT2D eigenvalue weighted by molar-refractivity contribution is -0.141. The SMILES string of the molecule is Cc1cnn(CC(=O)N2CCOC[C@H]2c2ncc(C)[nH]2)c1. The number of amides is 1. The molecule has 2 aromatic rings. The predicted octanol–water partition coefficient (Wildman–Crippen LogP) is 0.823. The highest BCUT2D eigenvalue weighted by Gasteiger charge is 2.30. The summed E-state index contributed by atoms with van der Waals surface area (Å²) in [6.07, 6.45) is 5.38. The summed E-state index contributed by atoms with van der Waals surface area (Å²) < 4.78 is 7.17. The van der Waals surface area contributed by atoms with E-state index in [-0.39, 0.29) is 18.5 Å². The molecule has 0 radical (unpaired) electrons. The zero-order valence-electron chi connectivity index (χ0n) is 12.2. The van der Waals surface area contributed by atoms with Crippen molar-refractivity contribution in [3.63, 3.8) is 0 Å². The molecule has 0 unspecified atom stereocenters. The third-order valence-electron chi connectivity index (χ3n) is 3.55. The van der Waals surface area contributed by atoms with Crippen LogP contribution in [0.15, 0.2) is 18.6 Å². The van der Waals surface area contributed by atoms with Gasteiger partial charge in [0, 0.05) is 24.6 Å². The number of imidazole rings is 1.